The molecule has 0 saturated heterocycles. The van der Waals surface area contributed by atoms with Crippen LogP contribution in [0.1, 0.15) is 5.56 Å². The van der Waals surface area contributed by atoms with Crippen molar-refractivity contribution in [3.8, 4) is 68.2 Å². The van der Waals surface area contributed by atoms with Gasteiger partial charge in [0.2, 0.25) is 11.8 Å². The normalized spacial score (nSPS) is 11.8. The van der Waals surface area contributed by atoms with Crippen molar-refractivity contribution in [2.24, 2.45) is 9.98 Å². The van der Waals surface area contributed by atoms with E-state index in [0.717, 1.165) is 61.1 Å². The number of hydrogen-bond donors (Lipinski definition) is 0. The van der Waals surface area contributed by atoms with Crippen molar-refractivity contribution in [1.29, 1.82) is 0 Å². The Labute approximate surface area is 314 Å². The van der Waals surface area contributed by atoms with E-state index in [-0.39, 0.29) is 0 Å². The van der Waals surface area contributed by atoms with Gasteiger partial charge in [0, 0.05) is 70.8 Å². The molecular weight excluding hydrogens is 687 g/mol. The number of oxazole rings is 2. The largest absolute Gasteiger partial charge is 0.436 e. The van der Waals surface area contributed by atoms with Crippen LogP contribution >= 0.6 is 0 Å². The summed E-state index contributed by atoms with van der Waals surface area (Å²) in [5.41, 5.74) is 9.84. The highest BCUT2D eigenvalue weighted by Gasteiger charge is 2.18. The van der Waals surface area contributed by atoms with Crippen LogP contribution in [0.5, 0.6) is 0 Å². The minimum atomic E-state index is 0.435. The Morgan fingerprint density at radius 2 is 1.07 bits per heavy atom. The van der Waals surface area contributed by atoms with Gasteiger partial charge in [0.05, 0.1) is 0 Å². The molecule has 0 N–H and O–H groups in total. The van der Waals surface area contributed by atoms with E-state index < -0.39 is 0 Å². The zero-order valence-electron chi connectivity index (χ0n) is 29.4. The Hall–Kier alpha value is -7.79. The third-order valence-corrected chi connectivity index (χ3v) is 8.89. The third kappa shape index (κ3) is 6.69. The molecular formula is C44H29N9O2. The van der Waals surface area contributed by atoms with E-state index in [1.807, 2.05) is 115 Å². The molecule has 11 nitrogen and oxygen atoms in total. The zero-order chi connectivity index (χ0) is 37.1. The van der Waals surface area contributed by atoms with Gasteiger partial charge in [0.1, 0.15) is 17.4 Å². The fraction of sp³-hybridized carbons (Fsp3) is 0.0227. The highest BCUT2D eigenvalue weighted by molar-refractivity contribution is 6.10. The molecule has 0 amide bonds. The van der Waals surface area contributed by atoms with Crippen molar-refractivity contribution in [2.75, 3.05) is 7.05 Å². The van der Waals surface area contributed by atoms with E-state index in [2.05, 4.69) is 26.7 Å². The first kappa shape index (κ1) is 33.1. The number of fused-ring (bicyclic) bond motifs is 2. The second-order valence-electron chi connectivity index (χ2n) is 12.5. The molecule has 0 atom stereocenters. The maximum Gasteiger partial charge on any atom is 0.227 e. The van der Waals surface area contributed by atoms with Crippen molar-refractivity contribution in [3.05, 3.63) is 146 Å². The summed E-state index contributed by atoms with van der Waals surface area (Å²) in [7, 11) is 1.71. The standard InChI is InChI=1S/C44H29N9O2/c1-45-22-34(23-46-2)31-17-32(35-24-47-26-48-25-35)19-33(18-31)42-52-40(29-13-15-36-38(20-29)54-43(49-36)27-9-5-3-6-10-27)51-41(53-42)30-14-16-37-39(21-30)55-44(50-37)28-11-7-4-8-12-28/h3-26H,1H2,2H3/b34-22+,46-23-. The molecule has 0 spiro atoms. The van der Waals surface area contributed by atoms with E-state index >= 15 is 0 Å². The van der Waals surface area contributed by atoms with Crippen LogP contribution in [0.25, 0.3) is 96.0 Å². The summed E-state index contributed by atoms with van der Waals surface area (Å²) >= 11 is 0. The fourth-order valence-electron chi connectivity index (χ4n) is 6.26. The lowest BCUT2D eigenvalue weighted by Gasteiger charge is -2.12. The van der Waals surface area contributed by atoms with Crippen molar-refractivity contribution in [1.82, 2.24) is 34.9 Å². The summed E-state index contributed by atoms with van der Waals surface area (Å²) in [6.07, 6.45) is 8.41. The number of benzene rings is 5. The molecule has 0 radical (unpaired) electrons. The second kappa shape index (κ2) is 14.3. The summed E-state index contributed by atoms with van der Waals surface area (Å²) in [5, 5.41) is 0. The van der Waals surface area contributed by atoms with Crippen LogP contribution in [0.4, 0.5) is 0 Å². The van der Waals surface area contributed by atoms with Crippen LogP contribution in [0.3, 0.4) is 0 Å². The molecule has 4 heterocycles. The quantitative estimate of drug-likeness (QED) is 0.134. The molecule has 0 unspecified atom stereocenters. The number of allylic oxidation sites excluding steroid dienone is 1. The Bertz CT molecular complexity index is 2770. The van der Waals surface area contributed by atoms with Crippen molar-refractivity contribution in [2.45, 2.75) is 0 Å². The molecule has 0 fully saturated rings. The topological polar surface area (TPSA) is 141 Å². The summed E-state index contributed by atoms with van der Waals surface area (Å²) in [6.45, 7) is 3.68. The minimum absolute atomic E-state index is 0.435. The van der Waals surface area contributed by atoms with Crippen LogP contribution in [-0.2, 0) is 0 Å². The Morgan fingerprint density at radius 3 is 1.60 bits per heavy atom. The molecule has 11 heteroatoms. The first-order valence-electron chi connectivity index (χ1n) is 17.3. The van der Waals surface area contributed by atoms with Gasteiger partial charge in [-0.15, -0.1) is 0 Å². The predicted molar refractivity (Wildman–Crippen MR) is 215 cm³/mol. The van der Waals surface area contributed by atoms with Gasteiger partial charge < -0.3 is 8.83 Å². The van der Waals surface area contributed by atoms with Gasteiger partial charge in [0.25, 0.3) is 0 Å². The summed E-state index contributed by atoms with van der Waals surface area (Å²) in [5.74, 6) is 2.38. The third-order valence-electron chi connectivity index (χ3n) is 8.89. The van der Waals surface area contributed by atoms with Crippen LogP contribution in [-0.4, -0.2) is 54.9 Å². The van der Waals surface area contributed by atoms with E-state index in [1.54, 1.807) is 31.9 Å². The summed E-state index contributed by atoms with van der Waals surface area (Å²) in [4.78, 5) is 41.4. The molecule has 4 aromatic heterocycles. The Morgan fingerprint density at radius 1 is 0.545 bits per heavy atom. The maximum absolute atomic E-state index is 6.24. The highest BCUT2D eigenvalue weighted by Crippen LogP contribution is 2.34. The number of hydrogen-bond acceptors (Lipinski definition) is 11. The van der Waals surface area contributed by atoms with Gasteiger partial charge in [-0.3, -0.25) is 9.98 Å². The fourth-order valence-corrected chi connectivity index (χ4v) is 6.26. The van der Waals surface area contributed by atoms with Gasteiger partial charge >= 0.3 is 0 Å². The van der Waals surface area contributed by atoms with E-state index in [9.17, 15) is 0 Å². The SMILES string of the molecule is C=N/C=C(\C=N/C)c1cc(-c2cncnc2)cc(-c2nc(-c3ccc4nc(-c5ccccc5)oc4c3)nc(-c3ccc4nc(-c5ccccc5)oc4c3)n2)c1. The molecule has 5 aromatic carbocycles. The van der Waals surface area contributed by atoms with Crippen LogP contribution in [0, 0.1) is 0 Å². The van der Waals surface area contributed by atoms with E-state index in [0.29, 0.717) is 40.4 Å². The first-order valence-corrected chi connectivity index (χ1v) is 17.3. The molecule has 262 valence electrons. The maximum atomic E-state index is 6.24. The van der Waals surface area contributed by atoms with Crippen LogP contribution < -0.4 is 0 Å². The highest BCUT2D eigenvalue weighted by atomic mass is 16.4. The van der Waals surface area contributed by atoms with Crippen LogP contribution in [0.2, 0.25) is 0 Å². The lowest BCUT2D eigenvalue weighted by molar-refractivity contribution is 0.619. The van der Waals surface area contributed by atoms with Gasteiger partial charge in [-0.25, -0.2) is 34.9 Å². The van der Waals surface area contributed by atoms with Gasteiger partial charge in [-0.05, 0) is 96.7 Å². The van der Waals surface area contributed by atoms with Crippen molar-refractivity contribution >= 4 is 40.7 Å². The summed E-state index contributed by atoms with van der Waals surface area (Å²) < 4.78 is 12.5. The molecule has 9 rings (SSSR count). The van der Waals surface area contributed by atoms with Gasteiger partial charge in [0.15, 0.2) is 28.6 Å². The average Bonchev–Trinajstić information content (AvgIpc) is 3.89. The smallest absolute Gasteiger partial charge is 0.227 e. The van der Waals surface area contributed by atoms with E-state index in [1.165, 1.54) is 6.33 Å². The molecule has 0 aliphatic heterocycles. The lowest BCUT2D eigenvalue weighted by Crippen LogP contribution is -2.01. The van der Waals surface area contributed by atoms with Crippen molar-refractivity contribution < 1.29 is 8.83 Å². The number of nitrogens with zero attached hydrogens (tertiary/aromatic N) is 9. The zero-order valence-corrected chi connectivity index (χ0v) is 29.4. The first-order chi connectivity index (χ1) is 27.1. The van der Waals surface area contributed by atoms with Crippen molar-refractivity contribution in [3.63, 3.8) is 0 Å². The lowest BCUT2D eigenvalue weighted by atomic mass is 9.97. The molecule has 0 aliphatic rings. The van der Waals surface area contributed by atoms with E-state index in [4.69, 9.17) is 33.8 Å². The molecule has 9 aromatic rings. The molecule has 0 aliphatic carbocycles. The minimum Gasteiger partial charge on any atom is -0.436 e. The molecule has 0 bridgehead atoms. The Balaban J connectivity index is 1.23. The summed E-state index contributed by atoms with van der Waals surface area (Å²) in [6, 6.07) is 37.1. The number of rotatable bonds is 9. The predicted octanol–water partition coefficient (Wildman–Crippen LogP) is 9.69. The second-order valence-corrected chi connectivity index (χ2v) is 12.5. The number of aromatic nitrogens is 7. The Kier molecular flexibility index (Phi) is 8.61. The average molecular weight is 716 g/mol. The monoisotopic (exact) mass is 715 g/mol. The van der Waals surface area contributed by atoms with Crippen LogP contribution in [0.15, 0.2) is 159 Å². The number of aliphatic imine (C=N–C) groups is 2. The molecule has 0 saturated carbocycles. The molecule has 55 heavy (non-hydrogen) atoms. The van der Waals surface area contributed by atoms with Gasteiger partial charge in [-0.2, -0.15) is 0 Å². The van der Waals surface area contributed by atoms with Gasteiger partial charge in [-0.1, -0.05) is 36.4 Å².